The summed E-state index contributed by atoms with van der Waals surface area (Å²) in [5, 5.41) is 149. The molecule has 14 N–H and O–H groups in total. The Bertz CT molecular complexity index is 1920. The molecular weight excluding hydrogens is 981 g/mol. The molecule has 74 heavy (non-hydrogen) atoms. The lowest BCUT2D eigenvalue weighted by Gasteiger charge is -2.58. The van der Waals surface area contributed by atoms with Gasteiger partial charge in [-0.1, -0.05) is 39.3 Å². The topological polar surface area (TPSA) is 366 Å². The predicted molar refractivity (Wildman–Crippen MR) is 250 cm³/mol. The van der Waals surface area contributed by atoms with Gasteiger partial charge in [0.2, 0.25) is 0 Å². The van der Waals surface area contributed by atoms with Gasteiger partial charge >= 0.3 is 0 Å². The zero-order valence-electron chi connectivity index (χ0n) is 42.9. The van der Waals surface area contributed by atoms with Gasteiger partial charge in [-0.3, -0.25) is 0 Å². The molecule has 9 aliphatic rings. The molecule has 0 aromatic rings. The molecular formula is C51H84O23. The summed E-state index contributed by atoms with van der Waals surface area (Å²) >= 11 is 0. The molecule has 31 atom stereocenters. The molecule has 0 radical (unpaired) electrons. The van der Waals surface area contributed by atoms with Crippen LogP contribution < -0.4 is 0 Å². The van der Waals surface area contributed by atoms with Gasteiger partial charge in [0, 0.05) is 12.3 Å². The first kappa shape index (κ1) is 57.5. The van der Waals surface area contributed by atoms with Crippen molar-refractivity contribution >= 4 is 0 Å². The van der Waals surface area contributed by atoms with Crippen LogP contribution in [0.1, 0.15) is 92.4 Å². The Labute approximate surface area is 430 Å². The molecule has 8 fully saturated rings. The van der Waals surface area contributed by atoms with E-state index in [1.165, 1.54) is 12.5 Å². The number of hydrogen-bond acceptors (Lipinski definition) is 23. The molecule has 3 saturated carbocycles. The molecule has 8 unspecified atom stereocenters. The van der Waals surface area contributed by atoms with Crippen molar-refractivity contribution in [3.05, 3.63) is 11.6 Å². The van der Waals surface area contributed by atoms with E-state index in [1.54, 1.807) is 0 Å². The van der Waals surface area contributed by atoms with Crippen molar-refractivity contribution in [2.75, 3.05) is 26.4 Å². The van der Waals surface area contributed by atoms with Crippen LogP contribution in [-0.2, 0) is 42.6 Å². The summed E-state index contributed by atoms with van der Waals surface area (Å²) in [4.78, 5) is 0. The molecule has 5 saturated heterocycles. The molecule has 9 rings (SSSR count). The van der Waals surface area contributed by atoms with Gasteiger partial charge in [-0.2, -0.15) is 0 Å². The third-order valence-electron chi connectivity index (χ3n) is 19.5. The minimum Gasteiger partial charge on any atom is -0.394 e. The Kier molecular flexibility index (Phi) is 17.4. The van der Waals surface area contributed by atoms with E-state index < -0.39 is 155 Å². The Morgan fingerprint density at radius 2 is 1.20 bits per heavy atom. The van der Waals surface area contributed by atoms with E-state index in [1.807, 2.05) is 6.92 Å². The lowest BCUT2D eigenvalue weighted by Crippen LogP contribution is -2.67. The van der Waals surface area contributed by atoms with Gasteiger partial charge in [0.05, 0.1) is 44.7 Å². The maximum Gasteiger partial charge on any atom is 0.187 e. The first-order chi connectivity index (χ1) is 35.0. The van der Waals surface area contributed by atoms with Crippen LogP contribution in [-0.4, -0.2) is 239 Å². The third kappa shape index (κ3) is 10.2. The summed E-state index contributed by atoms with van der Waals surface area (Å²) in [6, 6.07) is 0. The van der Waals surface area contributed by atoms with Crippen LogP contribution in [0.25, 0.3) is 0 Å². The number of fused-ring (bicyclic) bond motifs is 7. The molecule has 0 amide bonds. The number of ether oxygens (including phenoxy) is 9. The molecule has 0 bridgehead atoms. The average Bonchev–Trinajstić information content (AvgIpc) is 3.82. The van der Waals surface area contributed by atoms with Crippen LogP contribution in [0.3, 0.4) is 0 Å². The minimum atomic E-state index is -1.88. The van der Waals surface area contributed by atoms with E-state index in [2.05, 4.69) is 26.8 Å². The molecule has 0 aromatic carbocycles. The average molecular weight is 1070 g/mol. The second-order valence-corrected chi connectivity index (χ2v) is 23.8. The summed E-state index contributed by atoms with van der Waals surface area (Å²) in [6.45, 7) is 8.33. The summed E-state index contributed by atoms with van der Waals surface area (Å²) in [7, 11) is 0. The lowest BCUT2D eigenvalue weighted by atomic mass is 9.47. The van der Waals surface area contributed by atoms with E-state index >= 15 is 0 Å². The fourth-order valence-electron chi connectivity index (χ4n) is 15.0. The van der Waals surface area contributed by atoms with Crippen LogP contribution in [0, 0.1) is 46.3 Å². The van der Waals surface area contributed by atoms with Crippen LogP contribution >= 0.6 is 0 Å². The number of aliphatic hydroxyl groups is 14. The predicted octanol–water partition coefficient (Wildman–Crippen LogP) is -3.01. The molecule has 23 heteroatoms. The molecule has 23 nitrogen and oxygen atoms in total. The first-order valence-corrected chi connectivity index (χ1v) is 26.9. The van der Waals surface area contributed by atoms with Gasteiger partial charge in [0.1, 0.15) is 91.6 Å². The Morgan fingerprint density at radius 3 is 1.85 bits per heavy atom. The van der Waals surface area contributed by atoms with Crippen molar-refractivity contribution in [3.63, 3.8) is 0 Å². The summed E-state index contributed by atoms with van der Waals surface area (Å²) in [6.07, 6.45) is -22.5. The fourth-order valence-corrected chi connectivity index (χ4v) is 15.0. The SMILES string of the molecule is CC(CCC1(O)O[C@@H]2CC3[C@@H]4CC=C5CC(OC6O[C@H](CO)[C@@H](O)[C@H](OC7O[C@@H](CO)[C@H](O)[C@H](O)[C@@H]7O)[C@H]6O[C@H]6O[C@@H](C)[C@H](O)[C@H](O)[C@H]6O)CCC5(C)[C@@H]4CC[C@]3(C)[C@@H]2[C@H]1C)CO[C@@H]1O[C@H](CO)[C@H](O)C(O)[C@@H]1O. The van der Waals surface area contributed by atoms with E-state index in [0.29, 0.717) is 43.4 Å². The third-order valence-corrected chi connectivity index (χ3v) is 19.5. The van der Waals surface area contributed by atoms with Gasteiger partial charge in [-0.15, -0.1) is 0 Å². The second kappa shape index (κ2) is 22.4. The minimum absolute atomic E-state index is 0.0769. The number of hydrogen-bond donors (Lipinski definition) is 14. The highest BCUT2D eigenvalue weighted by Gasteiger charge is 2.68. The van der Waals surface area contributed by atoms with Gasteiger partial charge in [-0.05, 0) is 98.7 Å². The quantitative estimate of drug-likeness (QED) is 0.0727. The second-order valence-electron chi connectivity index (χ2n) is 23.8. The van der Waals surface area contributed by atoms with Gasteiger partial charge < -0.3 is 114 Å². The van der Waals surface area contributed by atoms with E-state index in [-0.39, 0.29) is 41.3 Å². The van der Waals surface area contributed by atoms with Crippen molar-refractivity contribution < 1.29 is 114 Å². The van der Waals surface area contributed by atoms with Crippen LogP contribution in [0.4, 0.5) is 0 Å². The zero-order chi connectivity index (χ0) is 53.5. The zero-order valence-corrected chi connectivity index (χ0v) is 42.9. The largest absolute Gasteiger partial charge is 0.394 e. The van der Waals surface area contributed by atoms with Crippen molar-refractivity contribution in [1.29, 1.82) is 0 Å². The highest BCUT2D eigenvalue weighted by Crippen LogP contribution is 2.70. The number of allylic oxidation sites excluding steroid dienone is 1. The molecule has 5 aliphatic heterocycles. The smallest absolute Gasteiger partial charge is 0.187 e. The Hall–Kier alpha value is -1.18. The van der Waals surface area contributed by atoms with Crippen molar-refractivity contribution in [1.82, 2.24) is 0 Å². The fraction of sp³-hybridized carbons (Fsp3) is 0.961. The van der Waals surface area contributed by atoms with Crippen molar-refractivity contribution in [3.8, 4) is 0 Å². The molecule has 426 valence electrons. The molecule has 0 spiro atoms. The number of rotatable bonds is 15. The van der Waals surface area contributed by atoms with Gasteiger partial charge in [-0.25, -0.2) is 0 Å². The maximum absolute atomic E-state index is 12.1. The number of aliphatic hydroxyl groups excluding tert-OH is 13. The van der Waals surface area contributed by atoms with Crippen LogP contribution in [0.2, 0.25) is 0 Å². The van der Waals surface area contributed by atoms with Crippen molar-refractivity contribution in [2.24, 2.45) is 46.3 Å². The van der Waals surface area contributed by atoms with Crippen LogP contribution in [0.5, 0.6) is 0 Å². The van der Waals surface area contributed by atoms with Gasteiger partial charge in [0.15, 0.2) is 30.9 Å². The summed E-state index contributed by atoms with van der Waals surface area (Å²) in [5.74, 6) is -0.351. The molecule has 4 aliphatic carbocycles. The normalized spacial score (nSPS) is 54.9. The summed E-state index contributed by atoms with van der Waals surface area (Å²) < 4.78 is 54.7. The van der Waals surface area contributed by atoms with E-state index in [0.717, 1.165) is 32.1 Å². The standard InChI is InChI=1S/C51H84O23/c1-20(19-66-45-40(62)38(60)34(56)29(16-52)69-45)8-13-51(65)21(2)32-28(74-51)15-27-25-7-6-23-14-24(9-11-49(23,4)26(25)10-12-50(27,32)5)68-48-44(73-46-41(63)37(59)33(55)22(3)67-46)43(36(58)31(18-54)71-48)72-47-42(64)39(61)35(57)30(17-53)70-47/h6,20-22,24-48,52-65H,7-19H2,1-5H3/t20?,21-,22+,24?,25-,26-,27?,28-,29-,30+,31-,32-,33+,34+,35+,36-,37+,38?,39+,40+,41-,42+,43+,44-,45-,46-,47?,48?,49?,50+,51?/m1/s1. The lowest BCUT2D eigenvalue weighted by molar-refractivity contribution is -0.394. The Balaban J connectivity index is 0.864. The summed E-state index contributed by atoms with van der Waals surface area (Å²) in [5.41, 5.74) is 0.989. The maximum atomic E-state index is 12.1. The molecule has 5 heterocycles. The monoisotopic (exact) mass is 1060 g/mol. The van der Waals surface area contributed by atoms with E-state index in [4.69, 9.17) is 42.6 Å². The highest BCUT2D eigenvalue weighted by atomic mass is 16.8. The van der Waals surface area contributed by atoms with Gasteiger partial charge in [0.25, 0.3) is 0 Å². The molecule has 0 aromatic heterocycles. The first-order valence-electron chi connectivity index (χ1n) is 26.9. The van der Waals surface area contributed by atoms with Crippen molar-refractivity contribution in [2.45, 2.75) is 233 Å². The highest BCUT2D eigenvalue weighted by molar-refractivity contribution is 5.26. The van der Waals surface area contributed by atoms with E-state index in [9.17, 15) is 71.5 Å². The van der Waals surface area contributed by atoms with Crippen LogP contribution in [0.15, 0.2) is 11.6 Å². The Morgan fingerprint density at radius 1 is 0.635 bits per heavy atom.